The van der Waals surface area contributed by atoms with Crippen molar-refractivity contribution < 1.29 is 5.11 Å². The summed E-state index contributed by atoms with van der Waals surface area (Å²) in [6.45, 7) is 2.05. The van der Waals surface area contributed by atoms with Crippen LogP contribution in [-0.4, -0.2) is 14.7 Å². The zero-order chi connectivity index (χ0) is 13.7. The summed E-state index contributed by atoms with van der Waals surface area (Å²) in [5.74, 6) is 0.415. The summed E-state index contributed by atoms with van der Waals surface area (Å²) in [4.78, 5) is 4.18. The summed E-state index contributed by atoms with van der Waals surface area (Å²) in [5, 5.41) is 12.5. The van der Waals surface area contributed by atoms with E-state index in [1.807, 2.05) is 16.8 Å². The summed E-state index contributed by atoms with van der Waals surface area (Å²) in [5.41, 5.74) is 3.37. The van der Waals surface area contributed by atoms with Gasteiger partial charge in [0.1, 0.15) is 0 Å². The quantitative estimate of drug-likeness (QED) is 0.758. The van der Waals surface area contributed by atoms with Crippen LogP contribution < -0.4 is 0 Å². The Kier molecular flexibility index (Phi) is 2.36. The Morgan fingerprint density at radius 1 is 1.25 bits per heavy atom. The molecule has 3 heteroatoms. The Morgan fingerprint density at radius 3 is 2.80 bits per heavy atom. The van der Waals surface area contributed by atoms with Crippen molar-refractivity contribution >= 4 is 10.8 Å². The van der Waals surface area contributed by atoms with E-state index in [1.165, 1.54) is 12.8 Å². The zero-order valence-corrected chi connectivity index (χ0v) is 11.4. The summed E-state index contributed by atoms with van der Waals surface area (Å²) in [6.07, 6.45) is 8.07. The Morgan fingerprint density at radius 2 is 2.10 bits per heavy atom. The van der Waals surface area contributed by atoms with Gasteiger partial charge in [0.25, 0.3) is 0 Å². The van der Waals surface area contributed by atoms with Gasteiger partial charge in [-0.25, -0.2) is 0 Å². The van der Waals surface area contributed by atoms with Gasteiger partial charge in [0.15, 0.2) is 5.88 Å². The number of hydrogen-bond donors (Lipinski definition) is 1. The van der Waals surface area contributed by atoms with Crippen molar-refractivity contribution in [3.05, 3.63) is 48.4 Å². The lowest BCUT2D eigenvalue weighted by Crippen LogP contribution is -1.88. The summed E-state index contributed by atoms with van der Waals surface area (Å²) >= 11 is 0. The van der Waals surface area contributed by atoms with E-state index >= 15 is 0 Å². The molecule has 20 heavy (non-hydrogen) atoms. The maximum absolute atomic E-state index is 10.4. The van der Waals surface area contributed by atoms with Crippen molar-refractivity contribution in [2.45, 2.75) is 25.8 Å². The predicted molar refractivity (Wildman–Crippen MR) is 79.8 cm³/mol. The van der Waals surface area contributed by atoms with Crippen molar-refractivity contribution in [3.63, 3.8) is 0 Å². The lowest BCUT2D eigenvalue weighted by molar-refractivity contribution is 0.424. The van der Waals surface area contributed by atoms with Gasteiger partial charge in [-0.1, -0.05) is 12.1 Å². The fraction of sp³-hybridized carbons (Fsp3) is 0.235. The third kappa shape index (κ3) is 1.70. The van der Waals surface area contributed by atoms with Crippen molar-refractivity contribution in [3.8, 4) is 17.0 Å². The average molecular weight is 264 g/mol. The first-order chi connectivity index (χ1) is 9.74. The van der Waals surface area contributed by atoms with Gasteiger partial charge >= 0.3 is 0 Å². The van der Waals surface area contributed by atoms with Gasteiger partial charge in [0, 0.05) is 41.0 Å². The second kappa shape index (κ2) is 4.10. The molecule has 4 rings (SSSR count). The zero-order valence-electron chi connectivity index (χ0n) is 11.4. The van der Waals surface area contributed by atoms with Crippen LogP contribution in [0.25, 0.3) is 21.9 Å². The molecule has 0 bridgehead atoms. The molecule has 0 amide bonds. The number of hydrogen-bond acceptors (Lipinski definition) is 2. The number of pyridine rings is 1. The van der Waals surface area contributed by atoms with Gasteiger partial charge in [-0.15, -0.1) is 0 Å². The first kappa shape index (κ1) is 11.5. The summed E-state index contributed by atoms with van der Waals surface area (Å²) in [7, 11) is 0. The normalized spacial score (nSPS) is 14.8. The van der Waals surface area contributed by atoms with E-state index in [0.717, 1.165) is 27.5 Å². The van der Waals surface area contributed by atoms with E-state index < -0.39 is 0 Å². The fourth-order valence-electron chi connectivity index (χ4n) is 2.89. The molecule has 3 nitrogen and oxygen atoms in total. The third-order valence-electron chi connectivity index (χ3n) is 4.05. The molecule has 100 valence electrons. The molecule has 0 atom stereocenters. The molecule has 3 aromatic rings. The van der Waals surface area contributed by atoms with Crippen LogP contribution >= 0.6 is 0 Å². The molecule has 1 N–H and O–H groups in total. The molecule has 1 aliphatic carbocycles. The molecule has 2 aromatic heterocycles. The molecular formula is C17H16N2O. The summed E-state index contributed by atoms with van der Waals surface area (Å²) in [6, 6.07) is 8.75. The van der Waals surface area contributed by atoms with Crippen LogP contribution in [0.2, 0.25) is 0 Å². The van der Waals surface area contributed by atoms with E-state index in [9.17, 15) is 5.11 Å². The second-order valence-corrected chi connectivity index (χ2v) is 5.59. The van der Waals surface area contributed by atoms with Crippen LogP contribution in [0, 0.1) is 6.92 Å². The Balaban J connectivity index is 1.94. The number of aromatic hydroxyl groups is 1. The minimum absolute atomic E-state index is 0.415. The minimum Gasteiger partial charge on any atom is -0.494 e. The number of aryl methyl sites for hydroxylation is 1. The number of rotatable bonds is 2. The largest absolute Gasteiger partial charge is 0.494 e. The standard InChI is InChI=1S/C17H16N2O/c1-11-7-13(12-3-2-6-18-9-12)8-14-10-19(15-4-5-15)17(20)16(11)14/h2-3,6-10,15,20H,4-5H2,1H3. The maximum atomic E-state index is 10.4. The van der Waals surface area contributed by atoms with Crippen molar-refractivity contribution in [1.29, 1.82) is 0 Å². The van der Waals surface area contributed by atoms with Gasteiger partial charge in [-0.3, -0.25) is 4.98 Å². The van der Waals surface area contributed by atoms with Gasteiger partial charge in [0.05, 0.1) is 0 Å². The fourth-order valence-corrected chi connectivity index (χ4v) is 2.89. The highest BCUT2D eigenvalue weighted by Crippen LogP contribution is 2.43. The third-order valence-corrected chi connectivity index (χ3v) is 4.05. The van der Waals surface area contributed by atoms with Crippen LogP contribution in [0.1, 0.15) is 24.4 Å². The van der Waals surface area contributed by atoms with Crippen molar-refractivity contribution in [2.24, 2.45) is 0 Å². The lowest BCUT2D eigenvalue weighted by atomic mass is 10.0. The van der Waals surface area contributed by atoms with E-state index in [2.05, 4.69) is 36.3 Å². The van der Waals surface area contributed by atoms with E-state index in [0.29, 0.717) is 11.9 Å². The SMILES string of the molecule is Cc1cc(-c2cccnc2)cc2cn(C3CC3)c(O)c12. The molecule has 2 heterocycles. The maximum Gasteiger partial charge on any atom is 0.199 e. The smallest absolute Gasteiger partial charge is 0.199 e. The number of aromatic nitrogens is 2. The molecular weight excluding hydrogens is 248 g/mol. The van der Waals surface area contributed by atoms with Crippen LogP contribution in [-0.2, 0) is 0 Å². The average Bonchev–Trinajstić information content (AvgIpc) is 3.24. The highest BCUT2D eigenvalue weighted by Gasteiger charge is 2.27. The highest BCUT2D eigenvalue weighted by atomic mass is 16.3. The highest BCUT2D eigenvalue weighted by molar-refractivity contribution is 5.94. The molecule has 0 spiro atoms. The molecule has 1 aromatic carbocycles. The topological polar surface area (TPSA) is 38.0 Å². The van der Waals surface area contributed by atoms with Crippen molar-refractivity contribution in [1.82, 2.24) is 9.55 Å². The molecule has 0 unspecified atom stereocenters. The van der Waals surface area contributed by atoms with Crippen LogP contribution in [0.15, 0.2) is 42.9 Å². The number of benzene rings is 1. The van der Waals surface area contributed by atoms with Gasteiger partial charge in [0.2, 0.25) is 0 Å². The number of fused-ring (bicyclic) bond motifs is 1. The number of nitrogens with zero attached hydrogens (tertiary/aromatic N) is 2. The van der Waals surface area contributed by atoms with Gasteiger partial charge in [-0.2, -0.15) is 0 Å². The molecule has 0 saturated heterocycles. The predicted octanol–water partition coefficient (Wildman–Crippen LogP) is 4.05. The second-order valence-electron chi connectivity index (χ2n) is 5.59. The molecule has 1 aliphatic rings. The molecule has 0 radical (unpaired) electrons. The van der Waals surface area contributed by atoms with Gasteiger partial charge in [-0.05, 0) is 43.0 Å². The Labute approximate surface area is 117 Å². The molecule has 1 fully saturated rings. The summed E-state index contributed by atoms with van der Waals surface area (Å²) < 4.78 is 2.02. The Hall–Kier alpha value is -2.29. The van der Waals surface area contributed by atoms with Gasteiger partial charge < -0.3 is 9.67 Å². The van der Waals surface area contributed by atoms with Crippen LogP contribution in [0.3, 0.4) is 0 Å². The lowest BCUT2D eigenvalue weighted by Gasteiger charge is -2.05. The van der Waals surface area contributed by atoms with Crippen molar-refractivity contribution in [2.75, 3.05) is 0 Å². The first-order valence-electron chi connectivity index (χ1n) is 6.98. The first-order valence-corrected chi connectivity index (χ1v) is 6.98. The van der Waals surface area contributed by atoms with Crippen LogP contribution in [0.4, 0.5) is 0 Å². The van der Waals surface area contributed by atoms with E-state index in [4.69, 9.17) is 0 Å². The monoisotopic (exact) mass is 264 g/mol. The molecule has 1 saturated carbocycles. The molecule has 0 aliphatic heterocycles. The Bertz CT molecular complexity index is 786. The van der Waals surface area contributed by atoms with E-state index in [1.54, 1.807) is 6.20 Å². The van der Waals surface area contributed by atoms with E-state index in [-0.39, 0.29) is 0 Å². The minimum atomic E-state index is 0.415. The van der Waals surface area contributed by atoms with Crippen LogP contribution in [0.5, 0.6) is 5.88 Å².